The van der Waals surface area contributed by atoms with Gasteiger partial charge in [0, 0.05) is 106 Å². The summed E-state index contributed by atoms with van der Waals surface area (Å²) >= 11 is 0. The van der Waals surface area contributed by atoms with E-state index in [0.29, 0.717) is 44.9 Å². The summed E-state index contributed by atoms with van der Waals surface area (Å²) in [6, 6.07) is 10.3. The van der Waals surface area contributed by atoms with Gasteiger partial charge in [-0.25, -0.2) is 0 Å². The largest absolute Gasteiger partial charge is 0.507 e. The van der Waals surface area contributed by atoms with E-state index in [0.717, 1.165) is 25.1 Å². The van der Waals surface area contributed by atoms with Crippen LogP contribution in [0.4, 0.5) is 11.4 Å². The summed E-state index contributed by atoms with van der Waals surface area (Å²) in [5.41, 5.74) is 0.488. The lowest BCUT2D eigenvalue weighted by molar-refractivity contribution is -0.168. The van der Waals surface area contributed by atoms with Crippen molar-refractivity contribution in [1.29, 1.82) is 0 Å². The van der Waals surface area contributed by atoms with E-state index in [9.17, 15) is 39.6 Å². The summed E-state index contributed by atoms with van der Waals surface area (Å²) in [4.78, 5) is 73.7. The number of carbonyl (C=O) groups excluding carboxylic acids is 4. The number of hydrogen-bond donors (Lipinski definition) is 5. The van der Waals surface area contributed by atoms with Gasteiger partial charge in [0.1, 0.15) is 34.6 Å². The monoisotopic (exact) mass is 1050 g/mol. The second-order valence-corrected chi connectivity index (χ2v) is 22.7. The van der Waals surface area contributed by atoms with Crippen LogP contribution in [0, 0.1) is 42.4 Å². The molecule has 0 saturated carbocycles. The van der Waals surface area contributed by atoms with Gasteiger partial charge in [0.15, 0.2) is 11.4 Å². The van der Waals surface area contributed by atoms with Gasteiger partial charge in [0.05, 0.1) is 34.8 Å². The highest BCUT2D eigenvalue weighted by molar-refractivity contribution is 6.19. The Hall–Kier alpha value is -6.30. The minimum absolute atomic E-state index is 0.0377. The molecule has 2 saturated heterocycles. The van der Waals surface area contributed by atoms with Crippen LogP contribution in [0.2, 0.25) is 0 Å². The molecule has 0 aromatic heterocycles. The third-order valence-corrected chi connectivity index (χ3v) is 16.6. The van der Waals surface area contributed by atoms with Crippen LogP contribution in [0.25, 0.3) is 10.8 Å². The van der Waals surface area contributed by atoms with Crippen LogP contribution in [0.1, 0.15) is 110 Å². The van der Waals surface area contributed by atoms with Gasteiger partial charge >= 0.3 is 11.8 Å². The fourth-order valence-electron chi connectivity index (χ4n) is 11.7. The number of likely N-dealkylation sites (tertiary alicyclic amines) is 2. The SMILES string of the molecule is C/C1=C/C=C/[C@H](C)[C@H](O)[C@@H](C)C(O)[C@@H](C)C(OC(=O)C(C)C(=O)N2CCC(N(C)c3ccccc3)CC2)[C@H](C)C/C=C/O[C@@]2(C)Oc3c(C)c(O)c4c(O)c(c5c(c4c3C2=O)=NC2(CCN(CC(C)C)CC2)N=5)NC1=O. The molecule has 3 aromatic rings. The minimum atomic E-state index is -1.96. The Labute approximate surface area is 446 Å². The fraction of sp³-hybridized carbons (Fsp3) is 0.559. The van der Waals surface area contributed by atoms with Crippen LogP contribution in [-0.2, 0) is 23.9 Å². The van der Waals surface area contributed by atoms with Crippen LogP contribution in [0.3, 0.4) is 0 Å². The van der Waals surface area contributed by atoms with E-state index < -0.39 is 82.8 Å². The van der Waals surface area contributed by atoms with E-state index >= 15 is 0 Å². The van der Waals surface area contributed by atoms with Crippen molar-refractivity contribution in [1.82, 2.24) is 9.80 Å². The lowest BCUT2D eigenvalue weighted by Gasteiger charge is -2.39. The number of aliphatic hydroxyl groups is 2. The number of phenols is 2. The number of ether oxygens (including phenoxy) is 3. The molecule has 2 amide bonds. The average Bonchev–Trinajstić information content (AvgIpc) is 3.91. The number of rotatable bonds is 7. The number of Topliss-reactive ketones (excluding diaryl/α,β-unsaturated/α-hetero) is 1. The first-order valence-corrected chi connectivity index (χ1v) is 27.1. The van der Waals surface area contributed by atoms with Crippen LogP contribution in [-0.4, -0.2) is 129 Å². The summed E-state index contributed by atoms with van der Waals surface area (Å²) in [5, 5.41) is 51.1. The number of piperidine rings is 2. The highest BCUT2D eigenvalue weighted by Crippen LogP contribution is 2.50. The Morgan fingerprint density at radius 3 is 2.22 bits per heavy atom. The Kier molecular flexibility index (Phi) is 16.4. The predicted octanol–water partition coefficient (Wildman–Crippen LogP) is 6.87. The van der Waals surface area contributed by atoms with E-state index in [1.54, 1.807) is 70.7 Å². The summed E-state index contributed by atoms with van der Waals surface area (Å²) in [6.45, 7) is 20.8. The molecule has 3 aromatic carbocycles. The highest BCUT2D eigenvalue weighted by atomic mass is 16.7. The molecule has 3 unspecified atom stereocenters. The highest BCUT2D eigenvalue weighted by Gasteiger charge is 2.50. The quantitative estimate of drug-likeness (QED) is 0.0928. The number of fused-ring (bicyclic) bond motifs is 13. The molecule has 5 N–H and O–H groups in total. The smallest absolute Gasteiger partial charge is 0.318 e. The zero-order chi connectivity index (χ0) is 55.1. The topological polar surface area (TPSA) is 223 Å². The van der Waals surface area contributed by atoms with Crippen LogP contribution in [0.15, 0.2) is 76.5 Å². The molecule has 6 aliphatic heterocycles. The molecule has 410 valence electrons. The predicted molar refractivity (Wildman–Crippen MR) is 289 cm³/mol. The number of aliphatic hydroxyl groups excluding tert-OH is 2. The molecular formula is C59H78N6O11. The van der Waals surface area contributed by atoms with Crippen molar-refractivity contribution in [3.05, 3.63) is 88.3 Å². The van der Waals surface area contributed by atoms with Gasteiger partial charge in [-0.3, -0.25) is 29.2 Å². The lowest BCUT2D eigenvalue weighted by Crippen LogP contribution is -2.49. The number of hydrogen-bond acceptors (Lipinski definition) is 15. The molecular weight excluding hydrogens is 969 g/mol. The zero-order valence-corrected chi connectivity index (χ0v) is 46.0. The Balaban J connectivity index is 1.11. The van der Waals surface area contributed by atoms with E-state index in [4.69, 9.17) is 24.2 Å². The summed E-state index contributed by atoms with van der Waals surface area (Å²) in [7, 11) is 2.05. The molecule has 1 spiro atoms. The van der Waals surface area contributed by atoms with Crippen LogP contribution in [0.5, 0.6) is 17.2 Å². The molecule has 0 radical (unpaired) electrons. The number of para-hydroxylation sites is 1. The van der Waals surface area contributed by atoms with Gasteiger partial charge in [0.25, 0.3) is 11.7 Å². The van der Waals surface area contributed by atoms with Gasteiger partial charge in [0.2, 0.25) is 5.91 Å². The average molecular weight is 1050 g/mol. The van der Waals surface area contributed by atoms with Crippen LogP contribution < -0.4 is 25.7 Å². The maximum absolute atomic E-state index is 14.9. The third-order valence-electron chi connectivity index (χ3n) is 16.6. The van der Waals surface area contributed by atoms with E-state index in [1.165, 1.54) is 13.2 Å². The molecule has 17 nitrogen and oxygen atoms in total. The molecule has 6 heterocycles. The first-order valence-electron chi connectivity index (χ1n) is 27.1. The molecule has 17 heteroatoms. The Morgan fingerprint density at radius 1 is 0.908 bits per heavy atom. The molecule has 9 atom stereocenters. The summed E-state index contributed by atoms with van der Waals surface area (Å²) < 4.78 is 18.8. The number of esters is 1. The molecule has 6 aliphatic rings. The number of aromatic hydroxyl groups is 2. The zero-order valence-electron chi connectivity index (χ0n) is 46.0. The lowest BCUT2D eigenvalue weighted by atomic mass is 9.79. The van der Waals surface area contributed by atoms with Gasteiger partial charge in [-0.1, -0.05) is 78.0 Å². The van der Waals surface area contributed by atoms with Crippen molar-refractivity contribution in [2.75, 3.05) is 50.0 Å². The number of ketones is 1. The minimum Gasteiger partial charge on any atom is -0.507 e. The number of phenolic OH excluding ortho intramolecular Hbond substituents is 2. The number of nitrogens with one attached hydrogen (secondary N) is 1. The van der Waals surface area contributed by atoms with Gasteiger partial charge in [-0.05, 0) is 70.1 Å². The van der Waals surface area contributed by atoms with Crippen LogP contribution >= 0.6 is 0 Å². The van der Waals surface area contributed by atoms with E-state index in [1.807, 2.05) is 25.1 Å². The molecule has 0 aliphatic carbocycles. The number of amides is 2. The first-order chi connectivity index (χ1) is 36.0. The number of benzene rings is 3. The van der Waals surface area contributed by atoms with Gasteiger partial charge < -0.3 is 54.7 Å². The number of anilines is 2. The number of carbonyl (C=O) groups is 4. The molecule has 5 bridgehead atoms. The molecule has 9 rings (SSSR count). The molecule has 2 fully saturated rings. The third kappa shape index (κ3) is 10.8. The fourth-order valence-corrected chi connectivity index (χ4v) is 11.7. The second-order valence-electron chi connectivity index (χ2n) is 22.7. The van der Waals surface area contributed by atoms with Crippen molar-refractivity contribution in [2.45, 2.75) is 137 Å². The van der Waals surface area contributed by atoms with Crippen molar-refractivity contribution in [3.8, 4) is 17.2 Å². The summed E-state index contributed by atoms with van der Waals surface area (Å²) in [5.74, 6) is -8.22. The number of allylic oxidation sites excluding steroid dienone is 3. The Bertz CT molecular complexity index is 2940. The first kappa shape index (κ1) is 55.9. The Morgan fingerprint density at radius 2 is 1.57 bits per heavy atom. The van der Waals surface area contributed by atoms with Gasteiger partial charge in [-0.15, -0.1) is 0 Å². The van der Waals surface area contributed by atoms with E-state index in [2.05, 4.69) is 48.1 Å². The van der Waals surface area contributed by atoms with Crippen molar-refractivity contribution >= 4 is 45.7 Å². The maximum Gasteiger partial charge on any atom is 0.318 e. The number of nitrogens with zero attached hydrogens (tertiary/aromatic N) is 5. The normalized spacial score (nSPS) is 29.4. The van der Waals surface area contributed by atoms with Crippen molar-refractivity contribution in [2.24, 2.45) is 45.5 Å². The van der Waals surface area contributed by atoms with Crippen molar-refractivity contribution < 1.29 is 53.8 Å². The molecule has 76 heavy (non-hydrogen) atoms. The second kappa shape index (κ2) is 22.3. The standard InChI is InChI=1S/C59H78N6O11/c1-32(2)31-64-28-24-59(25-29-64)61-45-42-43-50(68)38(8)53-44(42)54(70)58(10,76-53)74-30-16-19-34(4)52(75-57(73)39(9)56(72)65-26-22-41(23-27-65)63(11)40-20-13-12-14-21-40)37(7)49(67)36(6)48(66)33(3)17-15-18-35(5)55(71)60-47(51(43)69)46(45)62-59/h12-18,20-21,30,32-34,36-37,39,41,48-49,52,66-69H,19,22-29,31H2,1-11H3,(H,60,71)/b17-15+,30-16+,35-18-/t33-,34+,36+,37+,39?,48-,49?,52?,58-/m0/s1. The van der Waals surface area contributed by atoms with E-state index in [-0.39, 0.29) is 73.7 Å². The van der Waals surface area contributed by atoms with Crippen molar-refractivity contribution in [3.63, 3.8) is 0 Å². The maximum atomic E-state index is 14.9. The summed E-state index contributed by atoms with van der Waals surface area (Å²) in [6.07, 6.45) is 7.43. The van der Waals surface area contributed by atoms with Gasteiger partial charge in [-0.2, -0.15) is 0 Å².